The van der Waals surface area contributed by atoms with Crippen LogP contribution >= 0.6 is 23.4 Å². The molecule has 7 heteroatoms. The van der Waals surface area contributed by atoms with Crippen molar-refractivity contribution < 1.29 is 14.3 Å². The fourth-order valence-corrected chi connectivity index (χ4v) is 3.44. The van der Waals surface area contributed by atoms with Crippen molar-refractivity contribution in [1.82, 2.24) is 5.32 Å². The zero-order chi connectivity index (χ0) is 19.2. The molecule has 1 N–H and O–H groups in total. The predicted octanol–water partition coefficient (Wildman–Crippen LogP) is 4.49. The average Bonchev–Trinajstić information content (AvgIpc) is 3.01. The normalized spacial score (nSPS) is 17.3. The topological polar surface area (TPSA) is 67.8 Å². The van der Waals surface area contributed by atoms with Crippen LogP contribution in [0, 0.1) is 0 Å². The van der Waals surface area contributed by atoms with Gasteiger partial charge in [0.15, 0.2) is 5.17 Å². The summed E-state index contributed by atoms with van der Waals surface area (Å²) in [4.78, 5) is 28.8. The Balaban J connectivity index is 1.83. The van der Waals surface area contributed by atoms with Crippen LogP contribution in [-0.2, 0) is 9.53 Å². The molecule has 1 heterocycles. The zero-order valence-electron chi connectivity index (χ0n) is 14.3. The van der Waals surface area contributed by atoms with Crippen molar-refractivity contribution in [3.8, 4) is 0 Å². The van der Waals surface area contributed by atoms with Crippen LogP contribution in [0.25, 0.3) is 6.08 Å². The Kier molecular flexibility index (Phi) is 6.11. The number of amidine groups is 1. The molecule has 0 unspecified atom stereocenters. The number of hydrogen-bond acceptors (Lipinski definition) is 5. The van der Waals surface area contributed by atoms with E-state index in [0.29, 0.717) is 26.4 Å². The number of nitrogens with one attached hydrogen (secondary N) is 1. The second-order valence-corrected chi connectivity index (χ2v) is 6.90. The maximum Gasteiger partial charge on any atom is 0.340 e. The molecule has 136 valence electrons. The minimum absolute atomic E-state index is 0.297. The van der Waals surface area contributed by atoms with E-state index >= 15 is 0 Å². The summed E-state index contributed by atoms with van der Waals surface area (Å²) in [6, 6.07) is 16.3. The van der Waals surface area contributed by atoms with E-state index in [0.717, 1.165) is 17.3 Å². The molecular formula is C20H15ClN2O3S. The van der Waals surface area contributed by atoms with Crippen LogP contribution in [0.3, 0.4) is 0 Å². The molecule has 0 radical (unpaired) electrons. The number of para-hydroxylation sites is 1. The highest BCUT2D eigenvalue weighted by Crippen LogP contribution is 2.29. The number of esters is 1. The molecule has 1 aliphatic heterocycles. The molecule has 1 aliphatic rings. The largest absolute Gasteiger partial charge is 0.465 e. The van der Waals surface area contributed by atoms with E-state index in [1.165, 1.54) is 7.11 Å². The maximum atomic E-state index is 12.2. The molecule has 2 aromatic carbocycles. The maximum absolute atomic E-state index is 12.2. The summed E-state index contributed by atoms with van der Waals surface area (Å²) in [6.07, 6.45) is 3.35. The van der Waals surface area contributed by atoms with Gasteiger partial charge in [-0.1, -0.05) is 54.1 Å². The Morgan fingerprint density at radius 2 is 1.85 bits per heavy atom. The number of halogens is 1. The molecule has 1 fully saturated rings. The van der Waals surface area contributed by atoms with Gasteiger partial charge in [0.2, 0.25) is 0 Å². The summed E-state index contributed by atoms with van der Waals surface area (Å²) in [6.45, 7) is 0. The Morgan fingerprint density at radius 3 is 2.59 bits per heavy atom. The number of carbonyl (C=O) groups is 2. The van der Waals surface area contributed by atoms with Crippen LogP contribution < -0.4 is 5.32 Å². The number of hydrogen-bond donors (Lipinski definition) is 1. The Labute approximate surface area is 165 Å². The molecule has 27 heavy (non-hydrogen) atoms. The second-order valence-electron chi connectivity index (χ2n) is 5.43. The first-order chi connectivity index (χ1) is 13.1. The van der Waals surface area contributed by atoms with Crippen LogP contribution in [0.2, 0.25) is 0 Å². The van der Waals surface area contributed by atoms with Crippen molar-refractivity contribution in [3.63, 3.8) is 0 Å². The van der Waals surface area contributed by atoms with Crippen LogP contribution in [0.15, 0.2) is 75.6 Å². The number of nitrogens with zero attached hydrogens (tertiary/aromatic N) is 1. The van der Waals surface area contributed by atoms with Gasteiger partial charge in [-0.3, -0.25) is 4.79 Å². The quantitative estimate of drug-likeness (QED) is 0.608. The highest BCUT2D eigenvalue weighted by atomic mass is 35.5. The number of benzene rings is 2. The lowest BCUT2D eigenvalue weighted by Crippen LogP contribution is -2.19. The number of carbonyl (C=O) groups excluding carboxylic acids is 2. The first-order valence-electron chi connectivity index (χ1n) is 7.96. The lowest BCUT2D eigenvalue weighted by atomic mass is 10.2. The van der Waals surface area contributed by atoms with E-state index < -0.39 is 5.97 Å². The molecule has 0 atom stereocenters. The van der Waals surface area contributed by atoms with Crippen molar-refractivity contribution in [1.29, 1.82) is 0 Å². The fourth-order valence-electron chi connectivity index (χ4n) is 2.32. The average molecular weight is 399 g/mol. The Morgan fingerprint density at radius 1 is 1.15 bits per heavy atom. The van der Waals surface area contributed by atoms with E-state index in [1.807, 2.05) is 30.3 Å². The van der Waals surface area contributed by atoms with Gasteiger partial charge in [-0.05, 0) is 41.6 Å². The van der Waals surface area contributed by atoms with Crippen LogP contribution in [0.4, 0.5) is 5.69 Å². The minimum atomic E-state index is -0.492. The number of ether oxygens (including phenoxy) is 1. The molecule has 5 nitrogen and oxygen atoms in total. The van der Waals surface area contributed by atoms with Gasteiger partial charge in [0.05, 0.1) is 23.3 Å². The van der Waals surface area contributed by atoms with E-state index in [1.54, 1.807) is 36.4 Å². The third-order valence-electron chi connectivity index (χ3n) is 3.56. The van der Waals surface area contributed by atoms with Gasteiger partial charge in [-0.2, -0.15) is 0 Å². The molecular weight excluding hydrogens is 384 g/mol. The lowest BCUT2D eigenvalue weighted by Gasteiger charge is -2.03. The first-order valence-corrected chi connectivity index (χ1v) is 9.15. The van der Waals surface area contributed by atoms with Crippen LogP contribution in [-0.4, -0.2) is 24.2 Å². The van der Waals surface area contributed by atoms with Gasteiger partial charge in [-0.15, -0.1) is 0 Å². The van der Waals surface area contributed by atoms with E-state index in [-0.39, 0.29) is 5.91 Å². The number of amides is 1. The van der Waals surface area contributed by atoms with Gasteiger partial charge in [0, 0.05) is 5.03 Å². The van der Waals surface area contributed by atoms with Crippen LogP contribution in [0.5, 0.6) is 0 Å². The molecule has 0 bridgehead atoms. The van der Waals surface area contributed by atoms with Crippen molar-refractivity contribution in [2.24, 2.45) is 4.99 Å². The highest BCUT2D eigenvalue weighted by Gasteiger charge is 2.24. The molecule has 0 spiro atoms. The Bertz CT molecular complexity index is 968. The fraction of sp³-hybridized carbons (Fsp3) is 0.0500. The predicted molar refractivity (Wildman–Crippen MR) is 109 cm³/mol. The molecule has 2 aromatic rings. The zero-order valence-corrected chi connectivity index (χ0v) is 15.9. The number of rotatable bonds is 4. The van der Waals surface area contributed by atoms with E-state index in [9.17, 15) is 9.59 Å². The summed E-state index contributed by atoms with van der Waals surface area (Å²) in [5.74, 6) is -0.789. The summed E-state index contributed by atoms with van der Waals surface area (Å²) >= 11 is 7.40. The van der Waals surface area contributed by atoms with E-state index in [4.69, 9.17) is 16.3 Å². The molecule has 3 rings (SSSR count). The number of thioether (sulfide) groups is 1. The minimum Gasteiger partial charge on any atom is -0.465 e. The van der Waals surface area contributed by atoms with Gasteiger partial charge < -0.3 is 10.1 Å². The summed E-state index contributed by atoms with van der Waals surface area (Å²) in [7, 11) is 1.31. The van der Waals surface area contributed by atoms with Gasteiger partial charge in [-0.25, -0.2) is 9.79 Å². The third kappa shape index (κ3) is 4.87. The smallest absolute Gasteiger partial charge is 0.340 e. The Hall–Kier alpha value is -2.83. The van der Waals surface area contributed by atoms with Crippen molar-refractivity contribution in [3.05, 3.63) is 81.7 Å². The standard InChI is InChI=1S/C20H15ClN2O3S/c1-26-19(25)15-9-5-6-10-16(15)22-20-23-18(24)17(27-20)12-14(21)11-13-7-3-2-4-8-13/h2-12H,1H3,(H,22,23,24)/b14-11-,17-12-. The van der Waals surface area contributed by atoms with E-state index in [2.05, 4.69) is 10.3 Å². The van der Waals surface area contributed by atoms with Crippen LogP contribution in [0.1, 0.15) is 15.9 Å². The van der Waals surface area contributed by atoms with Crippen molar-refractivity contribution in [2.75, 3.05) is 7.11 Å². The summed E-state index contributed by atoms with van der Waals surface area (Å²) in [5, 5.41) is 3.47. The summed E-state index contributed by atoms with van der Waals surface area (Å²) in [5.41, 5.74) is 1.67. The van der Waals surface area contributed by atoms with Gasteiger partial charge >= 0.3 is 5.97 Å². The number of allylic oxidation sites excluding steroid dienone is 2. The molecule has 0 saturated carbocycles. The highest BCUT2D eigenvalue weighted by molar-refractivity contribution is 8.18. The number of methoxy groups -OCH3 is 1. The van der Waals surface area contributed by atoms with Crippen molar-refractivity contribution >= 4 is 52.2 Å². The lowest BCUT2D eigenvalue weighted by molar-refractivity contribution is -0.115. The number of aliphatic imine (C=N–C) groups is 1. The SMILES string of the molecule is COC(=O)c1ccccc1N=C1NC(=O)/C(=C/C(Cl)=C/c2ccccc2)S1. The monoisotopic (exact) mass is 398 g/mol. The molecule has 1 amide bonds. The third-order valence-corrected chi connectivity index (χ3v) is 4.68. The first kappa shape index (κ1) is 18.9. The van der Waals surface area contributed by atoms with Gasteiger partial charge in [0.25, 0.3) is 5.91 Å². The van der Waals surface area contributed by atoms with Crippen molar-refractivity contribution in [2.45, 2.75) is 0 Å². The summed E-state index contributed by atoms with van der Waals surface area (Å²) < 4.78 is 4.75. The second kappa shape index (κ2) is 8.70. The molecule has 0 aromatic heterocycles. The molecule has 0 aliphatic carbocycles. The molecule has 1 saturated heterocycles. The van der Waals surface area contributed by atoms with Gasteiger partial charge in [0.1, 0.15) is 0 Å².